The first-order valence-corrected chi connectivity index (χ1v) is 13.0. The van der Waals surface area contributed by atoms with E-state index in [1.807, 2.05) is 36.4 Å². The standard InChI is InChI=1S/C28H24BrCl2NO4/c1-34-23-13-16(12-20(29)27(23)36-14-15-6-3-4-9-21(15)30)25-18-8-5-7-17(18)24-19(28(33)35-2)10-11-22(31)26(24)32-25/h3-7,9-13,17-18,25,32H,8,14H2,1-2H3/t17-,18-,25-/m1/s1. The minimum atomic E-state index is -0.369. The molecular weight excluding hydrogens is 565 g/mol. The zero-order valence-electron chi connectivity index (χ0n) is 19.7. The van der Waals surface area contributed by atoms with Crippen molar-refractivity contribution in [3.63, 3.8) is 0 Å². The Morgan fingerprint density at radius 2 is 1.92 bits per heavy atom. The predicted octanol–water partition coefficient (Wildman–Crippen LogP) is 7.96. The first-order valence-electron chi connectivity index (χ1n) is 11.5. The highest BCUT2D eigenvalue weighted by molar-refractivity contribution is 9.10. The van der Waals surface area contributed by atoms with Crippen molar-refractivity contribution >= 4 is 50.8 Å². The van der Waals surface area contributed by atoms with Crippen LogP contribution in [0.4, 0.5) is 5.69 Å². The Labute approximate surface area is 228 Å². The smallest absolute Gasteiger partial charge is 0.338 e. The van der Waals surface area contributed by atoms with Gasteiger partial charge >= 0.3 is 5.97 Å². The van der Waals surface area contributed by atoms with Crippen molar-refractivity contribution in [2.24, 2.45) is 5.92 Å². The maximum Gasteiger partial charge on any atom is 0.338 e. The second-order valence-corrected chi connectivity index (χ2v) is 10.4. The van der Waals surface area contributed by atoms with Crippen molar-refractivity contribution in [3.8, 4) is 11.5 Å². The molecule has 0 bridgehead atoms. The summed E-state index contributed by atoms with van der Waals surface area (Å²) in [6, 6.07) is 15.0. The first-order chi connectivity index (χ1) is 17.4. The summed E-state index contributed by atoms with van der Waals surface area (Å²) in [4.78, 5) is 12.5. The number of carbonyl (C=O) groups is 1. The highest BCUT2D eigenvalue weighted by atomic mass is 79.9. The number of esters is 1. The van der Waals surface area contributed by atoms with E-state index in [-0.39, 0.29) is 23.8 Å². The minimum absolute atomic E-state index is 0.0277. The molecule has 5 nitrogen and oxygen atoms in total. The molecule has 5 rings (SSSR count). The maximum atomic E-state index is 12.5. The van der Waals surface area contributed by atoms with E-state index in [1.54, 1.807) is 19.2 Å². The van der Waals surface area contributed by atoms with Gasteiger partial charge in [0.25, 0.3) is 0 Å². The molecule has 1 N–H and O–H groups in total. The van der Waals surface area contributed by atoms with Crippen molar-refractivity contribution in [2.75, 3.05) is 19.5 Å². The number of carbonyl (C=O) groups excluding carboxylic acids is 1. The van der Waals surface area contributed by atoms with Gasteiger partial charge in [0, 0.05) is 16.5 Å². The van der Waals surface area contributed by atoms with Gasteiger partial charge in [0.15, 0.2) is 11.5 Å². The molecule has 36 heavy (non-hydrogen) atoms. The Bertz CT molecular complexity index is 1360. The lowest BCUT2D eigenvalue weighted by Gasteiger charge is -2.39. The lowest BCUT2D eigenvalue weighted by Crippen LogP contribution is -2.31. The molecule has 1 aliphatic carbocycles. The molecule has 2 aliphatic rings. The van der Waals surface area contributed by atoms with E-state index in [4.69, 9.17) is 37.4 Å². The third kappa shape index (κ3) is 4.47. The third-order valence-corrected chi connectivity index (χ3v) is 8.09. The summed E-state index contributed by atoms with van der Waals surface area (Å²) < 4.78 is 17.7. The number of allylic oxidation sites excluding steroid dienone is 2. The molecular formula is C28H24BrCl2NO4. The van der Waals surface area contributed by atoms with E-state index < -0.39 is 0 Å². The van der Waals surface area contributed by atoms with Gasteiger partial charge in [0.2, 0.25) is 0 Å². The highest BCUT2D eigenvalue weighted by Crippen LogP contribution is 2.54. The number of nitrogens with one attached hydrogen (secondary N) is 1. The van der Waals surface area contributed by atoms with Crippen LogP contribution in [0.3, 0.4) is 0 Å². The normalized spacial score (nSPS) is 19.8. The fourth-order valence-corrected chi connectivity index (χ4v) is 6.10. The molecule has 1 heterocycles. The molecule has 0 unspecified atom stereocenters. The summed E-state index contributed by atoms with van der Waals surface area (Å²) in [7, 11) is 3.01. The number of hydrogen-bond acceptors (Lipinski definition) is 5. The third-order valence-electron chi connectivity index (χ3n) is 6.81. The number of halogens is 3. The molecule has 0 spiro atoms. The van der Waals surface area contributed by atoms with E-state index in [2.05, 4.69) is 33.4 Å². The van der Waals surface area contributed by atoms with E-state index in [0.29, 0.717) is 33.7 Å². The van der Waals surface area contributed by atoms with E-state index in [0.717, 1.165) is 33.3 Å². The van der Waals surface area contributed by atoms with Gasteiger partial charge in [0.05, 0.1) is 41.0 Å². The summed E-state index contributed by atoms with van der Waals surface area (Å²) in [6.45, 7) is 0.309. The number of rotatable bonds is 6. The number of anilines is 1. The van der Waals surface area contributed by atoms with Crippen LogP contribution in [0.1, 0.15) is 45.4 Å². The van der Waals surface area contributed by atoms with E-state index in [1.165, 1.54) is 7.11 Å². The largest absolute Gasteiger partial charge is 0.493 e. The van der Waals surface area contributed by atoms with Crippen molar-refractivity contribution in [1.29, 1.82) is 0 Å². The molecule has 0 radical (unpaired) electrons. The van der Waals surface area contributed by atoms with Crippen LogP contribution in [0, 0.1) is 5.92 Å². The molecule has 3 aromatic carbocycles. The SMILES string of the molecule is COC(=O)c1ccc(Cl)c2c1[C@@H]1C=CC[C@H]1[C@@H](c1cc(Br)c(OCc3ccccc3Cl)c(OC)c1)N2. The topological polar surface area (TPSA) is 56.8 Å². The highest BCUT2D eigenvalue weighted by Gasteiger charge is 2.41. The van der Waals surface area contributed by atoms with Gasteiger partial charge in [-0.05, 0) is 69.7 Å². The zero-order chi connectivity index (χ0) is 25.4. The fraction of sp³-hybridized carbons (Fsp3) is 0.250. The molecule has 8 heteroatoms. The molecule has 0 aromatic heterocycles. The second-order valence-electron chi connectivity index (χ2n) is 8.76. The molecule has 0 saturated carbocycles. The van der Waals surface area contributed by atoms with Crippen LogP contribution in [0.5, 0.6) is 11.5 Å². The Morgan fingerprint density at radius 3 is 2.67 bits per heavy atom. The zero-order valence-corrected chi connectivity index (χ0v) is 22.8. The monoisotopic (exact) mass is 587 g/mol. The van der Waals surface area contributed by atoms with Crippen LogP contribution < -0.4 is 14.8 Å². The van der Waals surface area contributed by atoms with Crippen molar-refractivity contribution in [2.45, 2.75) is 25.0 Å². The average Bonchev–Trinajstić information content (AvgIpc) is 3.38. The van der Waals surface area contributed by atoms with Crippen LogP contribution in [0.25, 0.3) is 0 Å². The van der Waals surface area contributed by atoms with Crippen LogP contribution in [-0.4, -0.2) is 20.2 Å². The lowest BCUT2D eigenvalue weighted by molar-refractivity contribution is 0.0598. The van der Waals surface area contributed by atoms with E-state index >= 15 is 0 Å². The molecule has 1 aliphatic heterocycles. The predicted molar refractivity (Wildman–Crippen MR) is 146 cm³/mol. The summed E-state index contributed by atoms with van der Waals surface area (Å²) >= 11 is 16.6. The Hall–Kier alpha value is -2.67. The van der Waals surface area contributed by atoms with Gasteiger partial charge in [-0.1, -0.05) is 53.6 Å². The average molecular weight is 589 g/mol. The Kier molecular flexibility index (Phi) is 7.20. The minimum Gasteiger partial charge on any atom is -0.493 e. The Morgan fingerprint density at radius 1 is 1.11 bits per heavy atom. The summed E-state index contributed by atoms with van der Waals surface area (Å²) in [5.41, 5.74) is 4.08. The number of methoxy groups -OCH3 is 2. The lowest BCUT2D eigenvalue weighted by atomic mass is 9.75. The number of benzene rings is 3. The fourth-order valence-electron chi connectivity index (χ4n) is 5.12. The molecule has 3 aromatic rings. The summed E-state index contributed by atoms with van der Waals surface area (Å²) in [5, 5.41) is 4.83. The van der Waals surface area contributed by atoms with Crippen molar-refractivity contribution < 1.29 is 19.0 Å². The number of hydrogen-bond donors (Lipinski definition) is 1. The van der Waals surface area contributed by atoms with Gasteiger partial charge in [-0.15, -0.1) is 0 Å². The Balaban J connectivity index is 1.51. The molecule has 0 saturated heterocycles. The van der Waals surface area contributed by atoms with Crippen LogP contribution in [0.2, 0.25) is 10.0 Å². The molecule has 186 valence electrons. The van der Waals surface area contributed by atoms with Gasteiger partial charge in [-0.3, -0.25) is 0 Å². The van der Waals surface area contributed by atoms with Crippen molar-refractivity contribution in [1.82, 2.24) is 0 Å². The van der Waals surface area contributed by atoms with Gasteiger partial charge in [-0.2, -0.15) is 0 Å². The summed E-state index contributed by atoms with van der Waals surface area (Å²) in [5.74, 6) is 1.05. The van der Waals surface area contributed by atoms with Gasteiger partial charge in [-0.25, -0.2) is 4.79 Å². The molecule has 0 amide bonds. The number of ether oxygens (including phenoxy) is 3. The summed E-state index contributed by atoms with van der Waals surface area (Å²) in [6.07, 6.45) is 5.18. The quantitative estimate of drug-likeness (QED) is 0.234. The van der Waals surface area contributed by atoms with Crippen LogP contribution >= 0.6 is 39.1 Å². The van der Waals surface area contributed by atoms with Crippen LogP contribution in [0.15, 0.2) is 65.2 Å². The molecule has 3 atom stereocenters. The second kappa shape index (κ2) is 10.4. The molecule has 0 fully saturated rings. The van der Waals surface area contributed by atoms with Crippen LogP contribution in [-0.2, 0) is 11.3 Å². The maximum absolute atomic E-state index is 12.5. The van der Waals surface area contributed by atoms with Crippen molar-refractivity contribution in [3.05, 3.63) is 97.5 Å². The number of fused-ring (bicyclic) bond motifs is 3. The van der Waals surface area contributed by atoms with Gasteiger partial charge < -0.3 is 19.5 Å². The van der Waals surface area contributed by atoms with E-state index in [9.17, 15) is 4.79 Å². The van der Waals surface area contributed by atoms with Gasteiger partial charge in [0.1, 0.15) is 6.61 Å². The first kappa shape index (κ1) is 25.0.